The molecule has 5 nitrogen and oxygen atoms in total. The summed E-state index contributed by atoms with van der Waals surface area (Å²) in [5.74, 6) is 0. The van der Waals surface area contributed by atoms with Gasteiger partial charge >= 0.3 is 0 Å². The number of thiophene rings is 2. The van der Waals surface area contributed by atoms with Gasteiger partial charge in [-0.1, -0.05) is 78.9 Å². The van der Waals surface area contributed by atoms with Crippen LogP contribution >= 0.6 is 22.7 Å². The van der Waals surface area contributed by atoms with E-state index in [0.29, 0.717) is 12.8 Å². The number of benzene rings is 3. The fourth-order valence-electron chi connectivity index (χ4n) is 4.42. The number of hydrogen-bond acceptors (Lipinski definition) is 7. The second-order valence-electron chi connectivity index (χ2n) is 9.96. The van der Waals surface area contributed by atoms with Crippen LogP contribution in [0.4, 0.5) is 0 Å². The van der Waals surface area contributed by atoms with Gasteiger partial charge in [-0.2, -0.15) is 0 Å². The number of aliphatic hydroxyl groups is 3. The summed E-state index contributed by atoms with van der Waals surface area (Å²) in [4.78, 5) is 10.9. The van der Waals surface area contributed by atoms with Gasteiger partial charge in [0.05, 0.1) is 12.2 Å². The van der Waals surface area contributed by atoms with Crippen LogP contribution in [0.2, 0.25) is 0 Å². The molecule has 0 saturated heterocycles. The molecule has 4 heterocycles. The first kappa shape index (κ1) is 36.9. The van der Waals surface area contributed by atoms with Gasteiger partial charge in [0.2, 0.25) is 0 Å². The van der Waals surface area contributed by atoms with Gasteiger partial charge in [0, 0.05) is 51.0 Å². The minimum atomic E-state index is -0.442. The summed E-state index contributed by atoms with van der Waals surface area (Å²) in [5.41, 5.74) is 3.10. The second kappa shape index (κ2) is 19.8. The second-order valence-corrected chi connectivity index (χ2v) is 12.1. The fourth-order valence-corrected chi connectivity index (χ4v) is 6.39. The average Bonchev–Trinajstić information content (AvgIpc) is 3.72. The van der Waals surface area contributed by atoms with Crippen molar-refractivity contribution in [1.82, 2.24) is 9.97 Å². The molecule has 0 aliphatic carbocycles. The zero-order valence-corrected chi connectivity index (χ0v) is 29.6. The summed E-state index contributed by atoms with van der Waals surface area (Å²) >= 11 is 3.46. The van der Waals surface area contributed by atoms with Gasteiger partial charge in [-0.3, -0.25) is 0 Å². The first-order valence-corrected chi connectivity index (χ1v) is 16.2. The molecule has 7 aromatic rings. The molecule has 8 heteroatoms. The van der Waals surface area contributed by atoms with Crippen LogP contribution in [0.25, 0.3) is 41.3 Å². The van der Waals surface area contributed by atoms with Gasteiger partial charge in [-0.15, -0.1) is 47.2 Å². The number of hydrogen-bond donors (Lipinski definition) is 3. The van der Waals surface area contributed by atoms with Crippen molar-refractivity contribution in [1.29, 1.82) is 0 Å². The van der Waals surface area contributed by atoms with E-state index >= 15 is 0 Å². The van der Waals surface area contributed by atoms with Gasteiger partial charge in [0.1, 0.15) is 0 Å². The van der Waals surface area contributed by atoms with Crippen molar-refractivity contribution >= 4 is 42.8 Å². The van der Waals surface area contributed by atoms with Crippen LogP contribution in [0.15, 0.2) is 128 Å². The van der Waals surface area contributed by atoms with E-state index in [9.17, 15) is 5.11 Å². The number of aromatic nitrogens is 2. The van der Waals surface area contributed by atoms with Crippen LogP contribution in [0.3, 0.4) is 0 Å². The smallest absolute Gasteiger partial charge is 0.0605 e. The Morgan fingerprint density at radius 2 is 1.04 bits per heavy atom. The standard InChI is InChI=1S/2C13H8NS.C11H16O2.CH4O.Ir/c2*1-2-7-12-10(5-1)9-13(15-12)11-6-3-4-8-14-11;1-9(12)7-11(13)8-10-5-3-2-4-6-10;1-2;/h2*1-8H;2-6,9,11-13H,7-8H2,1H3;2H,1H3;/q2*-1;;;. The Morgan fingerprint density at radius 1 is 0.609 bits per heavy atom. The summed E-state index contributed by atoms with van der Waals surface area (Å²) in [6.45, 7) is 1.69. The number of pyridine rings is 2. The molecule has 3 N–H and O–H groups in total. The molecule has 2 unspecified atom stereocenters. The Hall–Kier alpha value is -3.59. The molecule has 0 bridgehead atoms. The molecule has 0 amide bonds. The predicted molar refractivity (Wildman–Crippen MR) is 188 cm³/mol. The van der Waals surface area contributed by atoms with Crippen molar-refractivity contribution < 1.29 is 35.4 Å². The number of fused-ring (bicyclic) bond motifs is 2. The first-order chi connectivity index (χ1) is 22.0. The Labute approximate surface area is 292 Å². The van der Waals surface area contributed by atoms with Crippen LogP contribution in [0.5, 0.6) is 0 Å². The minimum Gasteiger partial charge on any atom is -0.400 e. The minimum absolute atomic E-state index is 0. The molecule has 46 heavy (non-hydrogen) atoms. The zero-order valence-electron chi connectivity index (χ0n) is 25.6. The maximum Gasteiger partial charge on any atom is 0.0605 e. The van der Waals surface area contributed by atoms with Crippen LogP contribution < -0.4 is 0 Å². The molecule has 1 radical (unpaired) electrons. The van der Waals surface area contributed by atoms with Crippen molar-refractivity contribution in [2.45, 2.75) is 32.0 Å². The largest absolute Gasteiger partial charge is 0.400 e. The molecule has 4 aromatic heterocycles. The van der Waals surface area contributed by atoms with Crippen LogP contribution in [0.1, 0.15) is 18.9 Å². The summed E-state index contributed by atoms with van der Waals surface area (Å²) in [6, 6.07) is 45.0. The topological polar surface area (TPSA) is 86.5 Å². The normalized spacial score (nSPS) is 11.4. The van der Waals surface area contributed by atoms with E-state index in [1.165, 1.54) is 20.2 Å². The molecule has 2 atom stereocenters. The van der Waals surface area contributed by atoms with E-state index < -0.39 is 12.2 Å². The molecule has 0 saturated carbocycles. The van der Waals surface area contributed by atoms with E-state index in [1.54, 1.807) is 29.6 Å². The van der Waals surface area contributed by atoms with E-state index in [1.807, 2.05) is 91.3 Å². The molecule has 0 aliphatic rings. The molecule has 0 fully saturated rings. The van der Waals surface area contributed by atoms with Crippen LogP contribution in [0, 0.1) is 12.1 Å². The van der Waals surface area contributed by atoms with Crippen LogP contribution in [-0.2, 0) is 26.5 Å². The quantitative estimate of drug-likeness (QED) is 0.147. The molecular weight excluding hydrogens is 789 g/mol. The zero-order chi connectivity index (χ0) is 31.9. The predicted octanol–water partition coefficient (Wildman–Crippen LogP) is 8.49. The monoisotopic (exact) mass is 825 g/mol. The Kier molecular flexibility index (Phi) is 15.9. The maximum atomic E-state index is 9.51. The third-order valence-corrected chi connectivity index (χ3v) is 8.60. The Bertz CT molecular complexity index is 1650. The molecule has 239 valence electrons. The Morgan fingerprint density at radius 3 is 1.46 bits per heavy atom. The number of nitrogens with zero attached hydrogens (tertiary/aromatic N) is 2. The van der Waals surface area contributed by atoms with Crippen molar-refractivity contribution in [3.05, 3.63) is 145 Å². The number of aliphatic hydroxyl groups excluding tert-OH is 3. The van der Waals surface area contributed by atoms with E-state index in [2.05, 4.69) is 58.5 Å². The number of rotatable bonds is 6. The summed E-state index contributed by atoms with van der Waals surface area (Å²) in [5, 5.41) is 27.9. The first-order valence-electron chi connectivity index (χ1n) is 14.5. The molecule has 0 spiro atoms. The van der Waals surface area contributed by atoms with Gasteiger partial charge < -0.3 is 25.3 Å². The SMILES string of the molecule is CC(O)CC(O)Cc1ccccc1.CO.[Ir].[c-]1c(-c2ccccn2)sc2ccccc12.[c-]1c(-c2ccccn2)sc2ccccc12. The van der Waals surface area contributed by atoms with E-state index in [4.69, 9.17) is 10.2 Å². The fraction of sp³-hybridized carbons (Fsp3) is 0.158. The van der Waals surface area contributed by atoms with Gasteiger partial charge in [0.25, 0.3) is 0 Å². The molecule has 3 aromatic carbocycles. The summed E-state index contributed by atoms with van der Waals surface area (Å²) < 4.78 is 2.52. The summed E-state index contributed by atoms with van der Waals surface area (Å²) in [7, 11) is 1.00. The molecule has 7 rings (SSSR count). The summed E-state index contributed by atoms with van der Waals surface area (Å²) in [6.07, 6.45) is 3.81. The van der Waals surface area contributed by atoms with E-state index in [-0.39, 0.29) is 20.1 Å². The molecule has 0 aliphatic heterocycles. The third-order valence-electron chi connectivity index (χ3n) is 6.42. The third kappa shape index (κ3) is 11.3. The van der Waals surface area contributed by atoms with E-state index in [0.717, 1.165) is 33.8 Å². The van der Waals surface area contributed by atoms with Crippen molar-refractivity contribution in [2.75, 3.05) is 7.11 Å². The van der Waals surface area contributed by atoms with Crippen molar-refractivity contribution in [3.8, 4) is 21.1 Å². The average molecular weight is 825 g/mol. The van der Waals surface area contributed by atoms with Gasteiger partial charge in [-0.25, -0.2) is 22.7 Å². The molecular formula is C38H36IrN2O3S2-2. The van der Waals surface area contributed by atoms with Crippen LogP contribution in [-0.4, -0.2) is 44.6 Å². The Balaban J connectivity index is 0.000000182. The van der Waals surface area contributed by atoms with Crippen molar-refractivity contribution in [2.24, 2.45) is 0 Å². The van der Waals surface area contributed by atoms with Gasteiger partial charge in [-0.05, 0) is 56.6 Å². The maximum absolute atomic E-state index is 9.51. The van der Waals surface area contributed by atoms with Gasteiger partial charge in [0.15, 0.2) is 0 Å². The van der Waals surface area contributed by atoms with Crippen molar-refractivity contribution in [3.63, 3.8) is 0 Å².